The number of amides is 1. The maximum atomic E-state index is 12.6. The van der Waals surface area contributed by atoms with Crippen LogP contribution in [-0.2, 0) is 16.6 Å². The molecular weight excluding hydrogens is 492 g/mol. The molecule has 182 valence electrons. The van der Waals surface area contributed by atoms with Crippen molar-refractivity contribution in [1.82, 2.24) is 14.8 Å². The monoisotopic (exact) mass is 514 g/mol. The molecule has 0 radical (unpaired) electrons. The van der Waals surface area contributed by atoms with Crippen molar-refractivity contribution in [3.63, 3.8) is 0 Å². The summed E-state index contributed by atoms with van der Waals surface area (Å²) in [6.07, 6.45) is -0.259. The molecule has 0 fully saturated rings. The number of esters is 1. The molecule has 35 heavy (non-hydrogen) atoms. The standard InChI is InChI=1S/C24H23ClN4O5S/c1-13(2)33-23(31)15-8-9-16(25)17(10-15)26-20(30)12-35-24-28-27-22(29(24)3)19-11-14-6-5-7-18(32-4)21(14)34-19/h5-11,13H,12H2,1-4H3,(H,26,30). The van der Waals surface area contributed by atoms with Crippen molar-refractivity contribution in [3.05, 3.63) is 53.1 Å². The second kappa shape index (κ2) is 10.4. The first kappa shape index (κ1) is 24.6. The van der Waals surface area contributed by atoms with E-state index in [4.69, 9.17) is 25.5 Å². The van der Waals surface area contributed by atoms with Gasteiger partial charge in [-0.1, -0.05) is 35.5 Å². The summed E-state index contributed by atoms with van der Waals surface area (Å²) in [7, 11) is 3.38. The molecule has 9 nitrogen and oxygen atoms in total. The Morgan fingerprint density at radius 1 is 1.20 bits per heavy atom. The molecule has 4 rings (SSSR count). The molecule has 0 unspecified atom stereocenters. The molecule has 2 heterocycles. The molecule has 0 aliphatic rings. The second-order valence-electron chi connectivity index (χ2n) is 7.84. The van der Waals surface area contributed by atoms with Gasteiger partial charge in [-0.15, -0.1) is 10.2 Å². The molecule has 0 bridgehead atoms. The first-order chi connectivity index (χ1) is 16.8. The van der Waals surface area contributed by atoms with Crippen molar-refractivity contribution in [3.8, 4) is 17.3 Å². The summed E-state index contributed by atoms with van der Waals surface area (Å²) >= 11 is 7.41. The first-order valence-electron chi connectivity index (χ1n) is 10.7. The van der Waals surface area contributed by atoms with Gasteiger partial charge in [-0.3, -0.25) is 4.79 Å². The van der Waals surface area contributed by atoms with Crippen LogP contribution in [0.25, 0.3) is 22.6 Å². The fourth-order valence-electron chi connectivity index (χ4n) is 3.31. The highest BCUT2D eigenvalue weighted by Gasteiger charge is 2.18. The Kier molecular flexibility index (Phi) is 7.32. The highest BCUT2D eigenvalue weighted by Crippen LogP contribution is 2.33. The van der Waals surface area contributed by atoms with Gasteiger partial charge in [0.2, 0.25) is 5.91 Å². The number of nitrogens with zero attached hydrogens (tertiary/aromatic N) is 3. The lowest BCUT2D eigenvalue weighted by Crippen LogP contribution is -2.16. The van der Waals surface area contributed by atoms with Gasteiger partial charge in [-0.2, -0.15) is 0 Å². The van der Waals surface area contributed by atoms with Gasteiger partial charge in [-0.25, -0.2) is 4.79 Å². The molecule has 1 N–H and O–H groups in total. The zero-order valence-corrected chi connectivity index (χ0v) is 21.1. The topological polar surface area (TPSA) is 108 Å². The molecule has 2 aromatic carbocycles. The molecule has 11 heteroatoms. The number of nitrogens with one attached hydrogen (secondary N) is 1. The Labute approximate surface area is 210 Å². The number of ether oxygens (including phenoxy) is 2. The average molecular weight is 515 g/mol. The fourth-order valence-corrected chi connectivity index (χ4v) is 4.18. The van der Waals surface area contributed by atoms with Crippen LogP contribution in [-0.4, -0.2) is 45.6 Å². The highest BCUT2D eigenvalue weighted by atomic mass is 35.5. The van der Waals surface area contributed by atoms with Crippen molar-refractivity contribution < 1.29 is 23.5 Å². The number of thioether (sulfide) groups is 1. The smallest absolute Gasteiger partial charge is 0.338 e. The van der Waals surface area contributed by atoms with Crippen LogP contribution >= 0.6 is 23.4 Å². The number of anilines is 1. The van der Waals surface area contributed by atoms with E-state index < -0.39 is 5.97 Å². The molecule has 0 saturated carbocycles. The van der Waals surface area contributed by atoms with E-state index in [-0.39, 0.29) is 17.8 Å². The van der Waals surface area contributed by atoms with Crippen LogP contribution in [0.1, 0.15) is 24.2 Å². The lowest BCUT2D eigenvalue weighted by atomic mass is 10.2. The average Bonchev–Trinajstić information content (AvgIpc) is 3.41. The second-order valence-corrected chi connectivity index (χ2v) is 9.19. The number of fused-ring (bicyclic) bond motifs is 1. The maximum absolute atomic E-state index is 12.6. The third kappa shape index (κ3) is 5.44. The van der Waals surface area contributed by atoms with Gasteiger partial charge in [0.25, 0.3) is 0 Å². The Morgan fingerprint density at radius 2 is 2.00 bits per heavy atom. The Morgan fingerprint density at radius 3 is 2.74 bits per heavy atom. The van der Waals surface area contributed by atoms with Gasteiger partial charge in [0.15, 0.2) is 28.1 Å². The maximum Gasteiger partial charge on any atom is 0.338 e. The SMILES string of the molecule is COc1cccc2cc(-c3nnc(SCC(=O)Nc4cc(C(=O)OC(C)C)ccc4Cl)n3C)oc12. The van der Waals surface area contributed by atoms with Crippen LogP contribution in [0.5, 0.6) is 5.75 Å². The molecule has 0 aliphatic carbocycles. The van der Waals surface area contributed by atoms with Gasteiger partial charge in [0, 0.05) is 12.4 Å². The predicted molar refractivity (Wildman–Crippen MR) is 134 cm³/mol. The third-order valence-electron chi connectivity index (χ3n) is 4.93. The van der Waals surface area contributed by atoms with Gasteiger partial charge in [0.1, 0.15) is 0 Å². The number of furan rings is 1. The Bertz CT molecular complexity index is 1400. The van der Waals surface area contributed by atoms with E-state index in [2.05, 4.69) is 15.5 Å². The normalized spacial score (nSPS) is 11.1. The van der Waals surface area contributed by atoms with E-state index in [1.807, 2.05) is 24.3 Å². The van der Waals surface area contributed by atoms with Crippen LogP contribution in [0.4, 0.5) is 5.69 Å². The zero-order valence-electron chi connectivity index (χ0n) is 19.5. The number of hydrogen-bond acceptors (Lipinski definition) is 8. The number of carbonyl (C=O) groups is 2. The largest absolute Gasteiger partial charge is 0.493 e. The van der Waals surface area contributed by atoms with Crippen LogP contribution in [0.2, 0.25) is 5.02 Å². The van der Waals surface area contributed by atoms with E-state index in [0.717, 1.165) is 5.39 Å². The fraction of sp³-hybridized carbons (Fsp3) is 0.250. The van der Waals surface area contributed by atoms with Crippen LogP contribution in [0.3, 0.4) is 0 Å². The number of para-hydroxylation sites is 1. The van der Waals surface area contributed by atoms with E-state index in [9.17, 15) is 9.59 Å². The summed E-state index contributed by atoms with van der Waals surface area (Å²) in [6.45, 7) is 3.52. The number of carbonyl (C=O) groups excluding carboxylic acids is 2. The summed E-state index contributed by atoms with van der Waals surface area (Å²) in [5.74, 6) is 0.929. The Hall–Kier alpha value is -3.50. The highest BCUT2D eigenvalue weighted by molar-refractivity contribution is 7.99. The van der Waals surface area contributed by atoms with Crippen molar-refractivity contribution in [1.29, 1.82) is 0 Å². The van der Waals surface area contributed by atoms with Crippen molar-refractivity contribution in [2.45, 2.75) is 25.1 Å². The molecule has 4 aromatic rings. The van der Waals surface area contributed by atoms with Crippen LogP contribution < -0.4 is 10.1 Å². The lowest BCUT2D eigenvalue weighted by molar-refractivity contribution is -0.113. The molecule has 1 amide bonds. The minimum absolute atomic E-state index is 0.0525. The number of hydrogen-bond donors (Lipinski definition) is 1. The van der Waals surface area contributed by atoms with Gasteiger partial charge in [-0.05, 0) is 44.2 Å². The van der Waals surface area contributed by atoms with Crippen molar-refractivity contribution in [2.24, 2.45) is 7.05 Å². The zero-order chi connectivity index (χ0) is 25.1. The Balaban J connectivity index is 1.44. The summed E-state index contributed by atoms with van der Waals surface area (Å²) in [6, 6.07) is 12.1. The number of halogens is 1. The van der Waals surface area contributed by atoms with Crippen LogP contribution in [0, 0.1) is 0 Å². The van der Waals surface area contributed by atoms with E-state index in [1.54, 1.807) is 44.7 Å². The van der Waals surface area contributed by atoms with E-state index in [1.165, 1.54) is 17.8 Å². The summed E-state index contributed by atoms with van der Waals surface area (Å²) in [4.78, 5) is 24.7. The summed E-state index contributed by atoms with van der Waals surface area (Å²) in [5, 5.41) is 12.9. The van der Waals surface area contributed by atoms with Gasteiger partial charge in [0.05, 0.1) is 35.2 Å². The minimum Gasteiger partial charge on any atom is -0.493 e. The van der Waals surface area contributed by atoms with Crippen molar-refractivity contribution in [2.75, 3.05) is 18.2 Å². The molecular formula is C24H23ClN4O5S. The van der Waals surface area contributed by atoms with E-state index >= 15 is 0 Å². The molecule has 0 saturated heterocycles. The summed E-state index contributed by atoms with van der Waals surface area (Å²) in [5.41, 5.74) is 1.25. The van der Waals surface area contributed by atoms with Crippen LogP contribution in [0.15, 0.2) is 52.0 Å². The number of aromatic nitrogens is 3. The van der Waals surface area contributed by atoms with Gasteiger partial charge < -0.3 is 23.8 Å². The van der Waals surface area contributed by atoms with E-state index in [0.29, 0.717) is 44.3 Å². The molecule has 0 spiro atoms. The number of rotatable bonds is 8. The van der Waals surface area contributed by atoms with Crippen molar-refractivity contribution >= 4 is 51.9 Å². The lowest BCUT2D eigenvalue weighted by Gasteiger charge is -2.11. The number of methoxy groups -OCH3 is 1. The molecule has 2 aromatic heterocycles. The van der Waals surface area contributed by atoms with Gasteiger partial charge >= 0.3 is 5.97 Å². The quantitative estimate of drug-likeness (QED) is 0.253. The predicted octanol–water partition coefficient (Wildman–Crippen LogP) is 5.19. The third-order valence-corrected chi connectivity index (χ3v) is 6.28. The molecule has 0 atom stereocenters. The number of benzene rings is 2. The first-order valence-corrected chi connectivity index (χ1v) is 12.0. The molecule has 0 aliphatic heterocycles. The minimum atomic E-state index is -0.489. The summed E-state index contributed by atoms with van der Waals surface area (Å²) < 4.78 is 18.2.